The van der Waals surface area contributed by atoms with Crippen molar-refractivity contribution in [2.24, 2.45) is 0 Å². The van der Waals surface area contributed by atoms with Crippen LogP contribution in [-0.2, 0) is 12.6 Å². The Labute approximate surface area is 159 Å². The molecule has 0 aliphatic carbocycles. The molecule has 2 aromatic rings. The Balaban J connectivity index is 1.83. The molecule has 8 heteroatoms. The van der Waals surface area contributed by atoms with Gasteiger partial charge in [0.2, 0.25) is 0 Å². The van der Waals surface area contributed by atoms with E-state index in [0.29, 0.717) is 25.5 Å². The Kier molecular flexibility index (Phi) is 5.32. The van der Waals surface area contributed by atoms with Crippen LogP contribution in [0.3, 0.4) is 0 Å². The molecule has 1 aliphatic heterocycles. The van der Waals surface area contributed by atoms with Gasteiger partial charge in [0.05, 0.1) is 11.3 Å². The van der Waals surface area contributed by atoms with Crippen molar-refractivity contribution in [1.29, 1.82) is 0 Å². The lowest BCUT2D eigenvalue weighted by molar-refractivity contribution is -0.138. The molecule has 3 nitrogen and oxygen atoms in total. The molecule has 3 rings (SSSR count). The number of likely N-dealkylation sites (tertiary alicyclic amines) is 1. The summed E-state index contributed by atoms with van der Waals surface area (Å²) in [5.41, 5.74) is -1.67. The molecule has 1 aliphatic rings. The van der Waals surface area contributed by atoms with Crippen LogP contribution in [0, 0.1) is 11.6 Å². The van der Waals surface area contributed by atoms with Gasteiger partial charge < -0.3 is 10.2 Å². The van der Waals surface area contributed by atoms with Crippen LogP contribution in [0.1, 0.15) is 30.9 Å². The SMILES string of the molecule is CC1(Cc2ccccc2C(F)(F)F)CCCN1C(=O)Nc1ccc(F)cc1F. The number of anilines is 1. The highest BCUT2D eigenvalue weighted by molar-refractivity contribution is 5.90. The Morgan fingerprint density at radius 2 is 1.89 bits per heavy atom. The van der Waals surface area contributed by atoms with Crippen molar-refractivity contribution in [3.63, 3.8) is 0 Å². The van der Waals surface area contributed by atoms with Gasteiger partial charge in [0, 0.05) is 18.2 Å². The Bertz CT molecular complexity index is 883. The molecule has 1 atom stereocenters. The maximum Gasteiger partial charge on any atom is 0.416 e. The van der Waals surface area contributed by atoms with Crippen molar-refractivity contribution in [2.75, 3.05) is 11.9 Å². The first-order valence-electron chi connectivity index (χ1n) is 8.79. The first kappa shape index (κ1) is 20.1. The van der Waals surface area contributed by atoms with Crippen LogP contribution in [0.5, 0.6) is 0 Å². The molecule has 28 heavy (non-hydrogen) atoms. The molecule has 0 aromatic heterocycles. The van der Waals surface area contributed by atoms with Gasteiger partial charge in [-0.2, -0.15) is 13.2 Å². The van der Waals surface area contributed by atoms with Crippen LogP contribution in [0.15, 0.2) is 42.5 Å². The van der Waals surface area contributed by atoms with Crippen molar-refractivity contribution >= 4 is 11.7 Å². The van der Waals surface area contributed by atoms with E-state index < -0.39 is 34.9 Å². The number of alkyl halides is 3. The van der Waals surface area contributed by atoms with Gasteiger partial charge in [-0.3, -0.25) is 0 Å². The van der Waals surface area contributed by atoms with E-state index in [2.05, 4.69) is 5.32 Å². The number of nitrogens with zero attached hydrogens (tertiary/aromatic N) is 1. The molecule has 0 bridgehead atoms. The number of hydrogen-bond donors (Lipinski definition) is 1. The van der Waals surface area contributed by atoms with E-state index in [4.69, 9.17) is 0 Å². The van der Waals surface area contributed by atoms with Crippen molar-refractivity contribution in [2.45, 2.75) is 37.9 Å². The zero-order chi connectivity index (χ0) is 20.5. The molecule has 1 saturated heterocycles. The molecule has 1 heterocycles. The second-order valence-electron chi connectivity index (χ2n) is 7.14. The Morgan fingerprint density at radius 1 is 1.18 bits per heavy atom. The number of amides is 2. The van der Waals surface area contributed by atoms with E-state index in [-0.39, 0.29) is 17.7 Å². The average Bonchev–Trinajstić information content (AvgIpc) is 2.98. The van der Waals surface area contributed by atoms with Crippen LogP contribution in [0.4, 0.5) is 32.4 Å². The minimum atomic E-state index is -4.49. The summed E-state index contributed by atoms with van der Waals surface area (Å²) in [6.45, 7) is 2.05. The van der Waals surface area contributed by atoms with Gasteiger partial charge in [-0.05, 0) is 49.9 Å². The van der Waals surface area contributed by atoms with Crippen molar-refractivity contribution in [1.82, 2.24) is 4.90 Å². The molecular formula is C20H19F5N2O. The number of nitrogens with one attached hydrogen (secondary N) is 1. The molecule has 2 aromatic carbocycles. The predicted octanol–water partition coefficient (Wildman–Crippen LogP) is 5.61. The van der Waals surface area contributed by atoms with Crippen LogP contribution < -0.4 is 5.32 Å². The second kappa shape index (κ2) is 7.41. The van der Waals surface area contributed by atoms with Gasteiger partial charge in [-0.15, -0.1) is 0 Å². The maximum absolute atomic E-state index is 13.8. The van der Waals surface area contributed by atoms with E-state index in [1.807, 2.05) is 0 Å². The third-order valence-corrected chi connectivity index (χ3v) is 5.06. The van der Waals surface area contributed by atoms with E-state index in [1.165, 1.54) is 23.1 Å². The molecule has 150 valence electrons. The summed E-state index contributed by atoms with van der Waals surface area (Å²) in [5.74, 6) is -1.69. The van der Waals surface area contributed by atoms with Gasteiger partial charge in [-0.1, -0.05) is 18.2 Å². The van der Waals surface area contributed by atoms with Crippen molar-refractivity contribution in [3.8, 4) is 0 Å². The van der Waals surface area contributed by atoms with Crippen molar-refractivity contribution in [3.05, 3.63) is 65.2 Å². The fourth-order valence-electron chi connectivity index (χ4n) is 3.69. The van der Waals surface area contributed by atoms with Gasteiger partial charge >= 0.3 is 12.2 Å². The molecule has 1 unspecified atom stereocenters. The average molecular weight is 398 g/mol. The minimum absolute atomic E-state index is 0.0159. The summed E-state index contributed by atoms with van der Waals surface area (Å²) in [7, 11) is 0. The number of carbonyl (C=O) groups is 1. The number of halogens is 5. The third-order valence-electron chi connectivity index (χ3n) is 5.06. The summed E-state index contributed by atoms with van der Waals surface area (Å²) in [5, 5.41) is 2.39. The Hall–Kier alpha value is -2.64. The van der Waals surface area contributed by atoms with Gasteiger partial charge in [0.15, 0.2) is 0 Å². The fraction of sp³-hybridized carbons (Fsp3) is 0.350. The monoisotopic (exact) mass is 398 g/mol. The van der Waals surface area contributed by atoms with Crippen molar-refractivity contribution < 1.29 is 26.7 Å². The highest BCUT2D eigenvalue weighted by Crippen LogP contribution is 2.38. The number of hydrogen-bond acceptors (Lipinski definition) is 1. The van der Waals surface area contributed by atoms with E-state index in [1.54, 1.807) is 6.92 Å². The van der Waals surface area contributed by atoms with Crippen LogP contribution in [0.2, 0.25) is 0 Å². The number of urea groups is 1. The molecule has 0 radical (unpaired) electrons. The highest BCUT2D eigenvalue weighted by atomic mass is 19.4. The lowest BCUT2D eigenvalue weighted by Gasteiger charge is -2.36. The van der Waals surface area contributed by atoms with E-state index in [9.17, 15) is 26.7 Å². The smallest absolute Gasteiger partial charge is 0.319 e. The standard InChI is InChI=1S/C20H19F5N2O/c1-19(12-13-5-2-3-6-15(13)20(23,24)25)9-4-10-27(19)18(28)26-17-8-7-14(21)11-16(17)22/h2-3,5-8,11H,4,9-10,12H2,1H3,(H,26,28). The van der Waals surface area contributed by atoms with Crippen LogP contribution in [0.25, 0.3) is 0 Å². The third kappa shape index (κ3) is 4.10. The summed E-state index contributed by atoms with van der Waals surface area (Å²) in [6.07, 6.45) is -3.35. The zero-order valence-corrected chi connectivity index (χ0v) is 15.1. The molecule has 1 N–H and O–H groups in total. The highest BCUT2D eigenvalue weighted by Gasteiger charge is 2.42. The number of carbonyl (C=O) groups excluding carboxylic acids is 1. The number of benzene rings is 2. The summed E-state index contributed by atoms with van der Waals surface area (Å²) >= 11 is 0. The van der Waals surface area contributed by atoms with E-state index >= 15 is 0 Å². The molecule has 2 amide bonds. The first-order chi connectivity index (χ1) is 13.1. The second-order valence-corrected chi connectivity index (χ2v) is 7.14. The Morgan fingerprint density at radius 3 is 2.57 bits per heavy atom. The number of rotatable bonds is 3. The van der Waals surface area contributed by atoms with Crippen LogP contribution in [-0.4, -0.2) is 23.0 Å². The molecule has 1 fully saturated rings. The lowest BCUT2D eigenvalue weighted by atomic mass is 9.88. The molecule has 0 spiro atoms. The summed E-state index contributed by atoms with van der Waals surface area (Å²) in [4.78, 5) is 14.1. The summed E-state index contributed by atoms with van der Waals surface area (Å²) in [6, 6.07) is 7.42. The minimum Gasteiger partial charge on any atom is -0.319 e. The van der Waals surface area contributed by atoms with E-state index in [0.717, 1.165) is 18.2 Å². The predicted molar refractivity (Wildman–Crippen MR) is 94.9 cm³/mol. The largest absolute Gasteiger partial charge is 0.416 e. The topological polar surface area (TPSA) is 32.3 Å². The molecule has 0 saturated carbocycles. The summed E-state index contributed by atoms with van der Waals surface area (Å²) < 4.78 is 66.8. The first-order valence-corrected chi connectivity index (χ1v) is 8.79. The van der Waals surface area contributed by atoms with Gasteiger partial charge in [0.25, 0.3) is 0 Å². The van der Waals surface area contributed by atoms with Gasteiger partial charge in [0.1, 0.15) is 11.6 Å². The quantitative estimate of drug-likeness (QED) is 0.670. The zero-order valence-electron chi connectivity index (χ0n) is 15.1. The lowest BCUT2D eigenvalue weighted by Crippen LogP contribution is -2.48. The van der Waals surface area contributed by atoms with Gasteiger partial charge in [-0.25, -0.2) is 13.6 Å². The maximum atomic E-state index is 13.8. The fourth-order valence-corrected chi connectivity index (χ4v) is 3.69. The molecular weight excluding hydrogens is 379 g/mol. The normalized spacial score (nSPS) is 19.7. The van der Waals surface area contributed by atoms with Crippen LogP contribution >= 0.6 is 0 Å².